The lowest BCUT2D eigenvalue weighted by Crippen LogP contribution is -2.30. The van der Waals surface area contributed by atoms with Crippen molar-refractivity contribution >= 4 is 41.5 Å². The molecule has 1 aliphatic carbocycles. The van der Waals surface area contributed by atoms with E-state index in [0.29, 0.717) is 17.2 Å². The van der Waals surface area contributed by atoms with Gasteiger partial charge in [-0.15, -0.1) is 12.4 Å². The molecule has 2 atom stereocenters. The van der Waals surface area contributed by atoms with Crippen molar-refractivity contribution in [2.24, 2.45) is 5.73 Å². The fraction of sp³-hybridized carbons (Fsp3) is 0.310. The highest BCUT2D eigenvalue weighted by molar-refractivity contribution is 6.06. The van der Waals surface area contributed by atoms with Crippen molar-refractivity contribution in [3.63, 3.8) is 0 Å². The van der Waals surface area contributed by atoms with Gasteiger partial charge in [0.2, 0.25) is 0 Å². The number of hydrogen-bond donors (Lipinski definition) is 3. The molecule has 2 fully saturated rings. The van der Waals surface area contributed by atoms with Crippen molar-refractivity contribution in [1.82, 2.24) is 0 Å². The lowest BCUT2D eigenvalue weighted by molar-refractivity contribution is 0.102. The summed E-state index contributed by atoms with van der Waals surface area (Å²) < 4.78 is 5.44. The van der Waals surface area contributed by atoms with Crippen LogP contribution in [0.15, 0.2) is 72.8 Å². The molecule has 4 N–H and O–H groups in total. The van der Waals surface area contributed by atoms with Crippen LogP contribution >= 0.6 is 12.4 Å². The molecule has 1 heterocycles. The summed E-state index contributed by atoms with van der Waals surface area (Å²) in [4.78, 5) is 27.9. The van der Waals surface area contributed by atoms with Gasteiger partial charge in [-0.25, -0.2) is 4.79 Å². The van der Waals surface area contributed by atoms with E-state index in [1.54, 1.807) is 12.1 Å². The first kappa shape index (κ1) is 26.5. The number of ether oxygens (including phenoxy) is 1. The van der Waals surface area contributed by atoms with Crippen molar-refractivity contribution < 1.29 is 14.3 Å². The van der Waals surface area contributed by atoms with E-state index in [-0.39, 0.29) is 31.0 Å². The molecule has 3 aromatic carbocycles. The summed E-state index contributed by atoms with van der Waals surface area (Å²) in [6.45, 7) is 2.00. The smallest absolute Gasteiger partial charge is 0.412 e. The number of carbonyl (C=O) groups is 2. The van der Waals surface area contributed by atoms with E-state index in [1.165, 1.54) is 12.0 Å². The first-order valence-electron chi connectivity index (χ1n) is 12.6. The maximum atomic E-state index is 13.0. The quantitative estimate of drug-likeness (QED) is 0.359. The Morgan fingerprint density at radius 3 is 2.30 bits per heavy atom. The molecule has 0 aromatic heterocycles. The van der Waals surface area contributed by atoms with E-state index in [2.05, 4.69) is 15.5 Å². The maximum absolute atomic E-state index is 13.0. The first-order chi connectivity index (χ1) is 17.6. The third kappa shape index (κ3) is 6.81. The maximum Gasteiger partial charge on any atom is 0.412 e. The Labute approximate surface area is 223 Å². The third-order valence-electron chi connectivity index (χ3n) is 6.84. The van der Waals surface area contributed by atoms with Crippen molar-refractivity contribution in [2.75, 3.05) is 28.6 Å². The van der Waals surface area contributed by atoms with Gasteiger partial charge in [-0.2, -0.15) is 0 Å². The van der Waals surface area contributed by atoms with E-state index in [0.717, 1.165) is 49.3 Å². The van der Waals surface area contributed by atoms with E-state index < -0.39 is 6.09 Å². The number of nitrogens with one attached hydrogen (secondary N) is 2. The molecule has 3 aromatic rings. The molecule has 0 radical (unpaired) electrons. The number of nitrogens with two attached hydrogens (primary N) is 1. The topological polar surface area (TPSA) is 96.7 Å². The molecule has 2 aliphatic rings. The van der Waals surface area contributed by atoms with Crippen molar-refractivity contribution in [3.8, 4) is 0 Å². The minimum absolute atomic E-state index is 0. The van der Waals surface area contributed by atoms with Gasteiger partial charge < -0.3 is 20.7 Å². The van der Waals surface area contributed by atoms with Crippen LogP contribution in [0.3, 0.4) is 0 Å². The van der Waals surface area contributed by atoms with E-state index in [9.17, 15) is 9.59 Å². The summed E-state index contributed by atoms with van der Waals surface area (Å²) in [6, 6.07) is 23.1. The third-order valence-corrected chi connectivity index (χ3v) is 6.84. The van der Waals surface area contributed by atoms with Crippen LogP contribution in [0.5, 0.6) is 0 Å². The molecular formula is C29H33ClN4O3. The summed E-state index contributed by atoms with van der Waals surface area (Å²) in [5.41, 5.74) is 10.7. The van der Waals surface area contributed by atoms with Crippen molar-refractivity contribution in [3.05, 3.63) is 89.5 Å². The fourth-order valence-electron chi connectivity index (χ4n) is 4.67. The van der Waals surface area contributed by atoms with E-state index >= 15 is 0 Å². The summed E-state index contributed by atoms with van der Waals surface area (Å²) in [5, 5.41) is 5.83. The van der Waals surface area contributed by atoms with Gasteiger partial charge in [0.05, 0.1) is 11.4 Å². The standard InChI is InChI=1S/C29H32N4O3.ClH/c30-25-18-24(25)21-9-12-23(13-10-21)31-28(34)22-11-14-27(33-15-5-2-6-16-33)26(17-22)32-29(35)36-19-20-7-3-1-4-8-20;/h1,3-4,7-14,17,24-25H,2,5-6,15-16,18-19,30H2,(H,31,34)(H,32,35);1H/t24-,25+;/m0./s1. The second-order valence-corrected chi connectivity index (χ2v) is 9.55. The number of rotatable bonds is 7. The average molecular weight is 521 g/mol. The zero-order chi connectivity index (χ0) is 24.9. The SMILES string of the molecule is Cl.N[C@@H]1C[C@H]1c1ccc(NC(=O)c2ccc(N3CCCCC3)c(NC(=O)OCc3ccccc3)c2)cc1. The van der Waals surface area contributed by atoms with Crippen LogP contribution in [0.25, 0.3) is 0 Å². The molecule has 1 saturated heterocycles. The number of nitrogens with zero attached hydrogens (tertiary/aromatic N) is 1. The average Bonchev–Trinajstić information content (AvgIpc) is 3.65. The molecule has 37 heavy (non-hydrogen) atoms. The number of piperidine rings is 1. The van der Waals surface area contributed by atoms with Crippen LogP contribution in [0.2, 0.25) is 0 Å². The number of anilines is 3. The monoisotopic (exact) mass is 520 g/mol. The Morgan fingerprint density at radius 2 is 1.62 bits per heavy atom. The molecule has 5 rings (SSSR count). The zero-order valence-electron chi connectivity index (χ0n) is 20.7. The molecule has 1 saturated carbocycles. The molecule has 0 unspecified atom stereocenters. The molecule has 0 bridgehead atoms. The molecule has 8 heteroatoms. The van der Waals surface area contributed by atoms with Crippen LogP contribution in [0, 0.1) is 0 Å². The van der Waals surface area contributed by atoms with Crippen LogP contribution in [-0.2, 0) is 11.3 Å². The molecule has 1 aliphatic heterocycles. The molecule has 2 amide bonds. The van der Waals surface area contributed by atoms with E-state index in [1.807, 2.05) is 60.7 Å². The highest BCUT2D eigenvalue weighted by atomic mass is 35.5. The Morgan fingerprint density at radius 1 is 0.919 bits per heavy atom. The van der Waals surface area contributed by atoms with E-state index in [4.69, 9.17) is 10.5 Å². The Kier molecular flexibility index (Phi) is 8.69. The van der Waals surface area contributed by atoms with Gasteiger partial charge in [0.15, 0.2) is 0 Å². The van der Waals surface area contributed by atoms with Gasteiger partial charge in [-0.05, 0) is 67.1 Å². The predicted octanol–water partition coefficient (Wildman–Crippen LogP) is 5.91. The normalized spacial score (nSPS) is 18.4. The van der Waals surface area contributed by atoms with Gasteiger partial charge in [-0.1, -0.05) is 42.5 Å². The zero-order valence-corrected chi connectivity index (χ0v) is 21.5. The number of halogens is 1. The van der Waals surface area contributed by atoms with Crippen LogP contribution in [-0.4, -0.2) is 31.1 Å². The summed E-state index contributed by atoms with van der Waals surface area (Å²) in [7, 11) is 0. The molecule has 0 spiro atoms. The van der Waals surface area contributed by atoms with Crippen molar-refractivity contribution in [2.45, 2.75) is 44.2 Å². The summed E-state index contributed by atoms with van der Waals surface area (Å²) in [6.07, 6.45) is 3.86. The summed E-state index contributed by atoms with van der Waals surface area (Å²) >= 11 is 0. The lowest BCUT2D eigenvalue weighted by atomic mass is 10.1. The minimum atomic E-state index is -0.552. The molecular weight excluding hydrogens is 488 g/mol. The minimum Gasteiger partial charge on any atom is -0.444 e. The van der Waals surface area contributed by atoms with Gasteiger partial charge >= 0.3 is 6.09 Å². The largest absolute Gasteiger partial charge is 0.444 e. The molecule has 7 nitrogen and oxygen atoms in total. The van der Waals surface area contributed by atoms with Crippen molar-refractivity contribution in [1.29, 1.82) is 0 Å². The van der Waals surface area contributed by atoms with Crippen LogP contribution < -0.4 is 21.3 Å². The predicted molar refractivity (Wildman–Crippen MR) is 150 cm³/mol. The Hall–Kier alpha value is -3.55. The van der Waals surface area contributed by atoms with Crippen LogP contribution in [0.4, 0.5) is 21.9 Å². The highest BCUT2D eigenvalue weighted by Gasteiger charge is 2.34. The second-order valence-electron chi connectivity index (χ2n) is 9.55. The van der Waals surface area contributed by atoms with Gasteiger partial charge in [-0.3, -0.25) is 10.1 Å². The lowest BCUT2D eigenvalue weighted by Gasteiger charge is -2.30. The number of benzene rings is 3. The number of carbonyl (C=O) groups excluding carboxylic acids is 2. The molecule has 194 valence electrons. The Bertz CT molecular complexity index is 1210. The number of amides is 2. The van der Waals surface area contributed by atoms with Gasteiger partial charge in [0.25, 0.3) is 5.91 Å². The van der Waals surface area contributed by atoms with Crippen LogP contribution in [0.1, 0.15) is 53.1 Å². The second kappa shape index (κ2) is 12.1. The van der Waals surface area contributed by atoms with Gasteiger partial charge in [0.1, 0.15) is 6.61 Å². The Balaban J connectivity index is 0.00000320. The summed E-state index contributed by atoms with van der Waals surface area (Å²) in [5.74, 6) is 0.184. The highest BCUT2D eigenvalue weighted by Crippen LogP contribution is 2.39. The first-order valence-corrected chi connectivity index (χ1v) is 12.6. The number of hydrogen-bond acceptors (Lipinski definition) is 5. The van der Waals surface area contributed by atoms with Gasteiger partial charge in [0, 0.05) is 36.3 Å². The fourth-order valence-corrected chi connectivity index (χ4v) is 4.67.